The Bertz CT molecular complexity index is 1290. The lowest BCUT2D eigenvalue weighted by Gasteiger charge is -2.29. The van der Waals surface area contributed by atoms with Gasteiger partial charge in [-0.05, 0) is 19.0 Å². The van der Waals surface area contributed by atoms with Crippen LogP contribution in [-0.2, 0) is 22.5 Å². The maximum atomic E-state index is 14.0. The van der Waals surface area contributed by atoms with E-state index in [1.807, 2.05) is 12.2 Å². The molecule has 2 heterocycles. The molecule has 0 saturated carbocycles. The summed E-state index contributed by atoms with van der Waals surface area (Å²) in [6.45, 7) is 5.54. The Kier molecular flexibility index (Phi) is 7.02. The van der Waals surface area contributed by atoms with Crippen LogP contribution in [-0.4, -0.2) is 41.0 Å². The summed E-state index contributed by atoms with van der Waals surface area (Å²) >= 11 is 0. The molecule has 1 amide bonds. The number of aromatic nitrogens is 1. The Hall–Kier alpha value is -3.53. The summed E-state index contributed by atoms with van der Waals surface area (Å²) in [6, 6.07) is 7.08. The van der Waals surface area contributed by atoms with E-state index in [0.29, 0.717) is 29.4 Å². The number of hydrogen-bond donors (Lipinski definition) is 1. The van der Waals surface area contributed by atoms with Gasteiger partial charge in [-0.3, -0.25) is 14.7 Å². The summed E-state index contributed by atoms with van der Waals surface area (Å²) in [5.74, 6) is -8.77. The number of rotatable bonds is 6. The van der Waals surface area contributed by atoms with Crippen molar-refractivity contribution in [3.63, 3.8) is 0 Å². The minimum Gasteiger partial charge on any atom is -0.449 e. The number of halogens is 4. The molecular formula is C25H23F4N3O3. The number of anilines is 1. The van der Waals surface area contributed by atoms with Crippen molar-refractivity contribution < 1.29 is 31.9 Å². The van der Waals surface area contributed by atoms with Gasteiger partial charge in [0.25, 0.3) is 5.91 Å². The van der Waals surface area contributed by atoms with Crippen LogP contribution >= 0.6 is 0 Å². The second-order valence-corrected chi connectivity index (χ2v) is 8.18. The zero-order chi connectivity index (χ0) is 25.3. The smallest absolute Gasteiger partial charge is 0.340 e. The maximum Gasteiger partial charge on any atom is 0.340 e. The van der Waals surface area contributed by atoms with E-state index < -0.39 is 46.9 Å². The molecule has 3 aromatic rings. The van der Waals surface area contributed by atoms with E-state index in [0.717, 1.165) is 18.8 Å². The van der Waals surface area contributed by atoms with Gasteiger partial charge in [0.2, 0.25) is 0 Å². The minimum absolute atomic E-state index is 0.0366. The number of para-hydroxylation sites is 1. The summed E-state index contributed by atoms with van der Waals surface area (Å²) in [6.07, 6.45) is -0.887. The van der Waals surface area contributed by atoms with E-state index in [2.05, 4.69) is 9.88 Å². The highest BCUT2D eigenvalue weighted by molar-refractivity contribution is 6.06. The number of nitrogens with one attached hydrogen (secondary N) is 1. The molecule has 1 unspecified atom stereocenters. The van der Waals surface area contributed by atoms with Crippen LogP contribution in [0.25, 0.3) is 10.9 Å². The molecule has 1 aliphatic heterocycles. The second-order valence-electron chi connectivity index (χ2n) is 8.18. The first kappa shape index (κ1) is 24.6. The van der Waals surface area contributed by atoms with Crippen LogP contribution in [0.15, 0.2) is 30.3 Å². The number of nitrogens with zero attached hydrogens (tertiary/aromatic N) is 2. The van der Waals surface area contributed by atoms with Crippen molar-refractivity contribution in [3.8, 4) is 0 Å². The highest BCUT2D eigenvalue weighted by Crippen LogP contribution is 2.30. The molecule has 184 valence electrons. The van der Waals surface area contributed by atoms with Gasteiger partial charge >= 0.3 is 5.97 Å². The molecule has 10 heteroatoms. The van der Waals surface area contributed by atoms with Crippen molar-refractivity contribution in [2.45, 2.75) is 39.3 Å². The highest BCUT2D eigenvalue weighted by Gasteiger charge is 2.30. The van der Waals surface area contributed by atoms with Crippen molar-refractivity contribution in [2.75, 3.05) is 18.4 Å². The summed E-state index contributed by atoms with van der Waals surface area (Å²) in [7, 11) is 0. The Labute approximate surface area is 198 Å². The fraction of sp³-hybridized carbons (Fsp3) is 0.320. The first-order chi connectivity index (χ1) is 16.7. The third-order valence-corrected chi connectivity index (χ3v) is 6.05. The molecule has 35 heavy (non-hydrogen) atoms. The molecule has 0 aliphatic carbocycles. The van der Waals surface area contributed by atoms with Crippen molar-refractivity contribution in [2.24, 2.45) is 0 Å². The first-order valence-electron chi connectivity index (χ1n) is 11.2. The summed E-state index contributed by atoms with van der Waals surface area (Å²) in [4.78, 5) is 32.9. The molecule has 1 aromatic heterocycles. The van der Waals surface area contributed by atoms with E-state index in [1.165, 1.54) is 6.92 Å². The van der Waals surface area contributed by atoms with Gasteiger partial charge in [-0.25, -0.2) is 22.4 Å². The number of esters is 1. The van der Waals surface area contributed by atoms with Crippen LogP contribution in [0, 0.1) is 23.3 Å². The van der Waals surface area contributed by atoms with E-state index >= 15 is 0 Å². The number of carbonyl (C=O) groups is 2. The largest absolute Gasteiger partial charge is 0.449 e. The molecule has 1 N–H and O–H groups in total. The number of pyridine rings is 1. The number of carbonyl (C=O) groups excluding carboxylic acids is 2. The monoisotopic (exact) mass is 489 g/mol. The van der Waals surface area contributed by atoms with Crippen LogP contribution < -0.4 is 5.32 Å². The lowest BCUT2D eigenvalue weighted by Crippen LogP contribution is -2.35. The zero-order valence-corrected chi connectivity index (χ0v) is 19.1. The van der Waals surface area contributed by atoms with E-state index in [-0.39, 0.29) is 18.1 Å². The number of likely N-dealkylation sites (N-methyl/N-ethyl adjacent to an activating group) is 1. The van der Waals surface area contributed by atoms with Crippen LogP contribution in [0.3, 0.4) is 0 Å². The normalized spacial score (nSPS) is 14.5. The van der Waals surface area contributed by atoms with Gasteiger partial charge in [-0.1, -0.05) is 32.0 Å². The average Bonchev–Trinajstić information content (AvgIpc) is 2.86. The lowest BCUT2D eigenvalue weighted by atomic mass is 9.95. The highest BCUT2D eigenvalue weighted by atomic mass is 19.2. The standard InChI is InChI=1S/C25H23F4N3O3/c1-3-19(24(33)31-23-21(28)15(26)11-16(27)22(23)29)35-25(34)20-13-7-5-6-8-17(13)30-18-9-10-32(4-2)12-14(18)20/h5-8,11,19H,3-4,9-10,12H2,1-2H3,(H,31,33). The van der Waals surface area contributed by atoms with Gasteiger partial charge in [0.05, 0.1) is 11.1 Å². The summed E-state index contributed by atoms with van der Waals surface area (Å²) in [5, 5.41) is 2.37. The third-order valence-electron chi connectivity index (χ3n) is 6.05. The van der Waals surface area contributed by atoms with Gasteiger partial charge in [0, 0.05) is 42.2 Å². The van der Waals surface area contributed by atoms with Crippen LogP contribution in [0.5, 0.6) is 0 Å². The lowest BCUT2D eigenvalue weighted by molar-refractivity contribution is -0.124. The summed E-state index contributed by atoms with van der Waals surface area (Å²) < 4.78 is 60.6. The number of amides is 1. The van der Waals surface area contributed by atoms with E-state index in [1.54, 1.807) is 24.3 Å². The van der Waals surface area contributed by atoms with E-state index in [9.17, 15) is 27.2 Å². The summed E-state index contributed by atoms with van der Waals surface area (Å²) in [5.41, 5.74) is 1.04. The van der Waals surface area contributed by atoms with Gasteiger partial charge in [0.1, 0.15) is 5.69 Å². The van der Waals surface area contributed by atoms with Crippen molar-refractivity contribution in [3.05, 3.63) is 70.4 Å². The molecule has 0 spiro atoms. The number of fused-ring (bicyclic) bond motifs is 2. The van der Waals surface area contributed by atoms with Crippen LogP contribution in [0.1, 0.15) is 41.9 Å². The van der Waals surface area contributed by atoms with E-state index in [4.69, 9.17) is 4.74 Å². The molecular weight excluding hydrogens is 466 g/mol. The quantitative estimate of drug-likeness (QED) is 0.308. The molecule has 0 radical (unpaired) electrons. The van der Waals surface area contributed by atoms with Crippen LogP contribution in [0.4, 0.5) is 23.2 Å². The molecule has 2 aromatic carbocycles. The molecule has 1 atom stereocenters. The molecule has 1 aliphatic rings. The fourth-order valence-corrected chi connectivity index (χ4v) is 4.15. The van der Waals surface area contributed by atoms with Crippen molar-refractivity contribution in [1.29, 1.82) is 0 Å². The van der Waals surface area contributed by atoms with Gasteiger partial charge in [0.15, 0.2) is 29.4 Å². The predicted molar refractivity (Wildman–Crippen MR) is 121 cm³/mol. The number of ether oxygens (including phenoxy) is 1. The Morgan fingerprint density at radius 3 is 2.46 bits per heavy atom. The number of benzene rings is 2. The first-order valence-corrected chi connectivity index (χ1v) is 11.2. The third kappa shape index (κ3) is 4.70. The van der Waals surface area contributed by atoms with Crippen molar-refractivity contribution in [1.82, 2.24) is 9.88 Å². The topological polar surface area (TPSA) is 71.5 Å². The fourth-order valence-electron chi connectivity index (χ4n) is 4.15. The zero-order valence-electron chi connectivity index (χ0n) is 19.1. The minimum atomic E-state index is -1.76. The molecule has 0 bridgehead atoms. The second kappa shape index (κ2) is 9.99. The van der Waals surface area contributed by atoms with Crippen molar-refractivity contribution >= 4 is 28.5 Å². The van der Waals surface area contributed by atoms with Gasteiger partial charge in [-0.2, -0.15) is 0 Å². The molecule has 0 fully saturated rings. The van der Waals surface area contributed by atoms with Crippen LogP contribution in [0.2, 0.25) is 0 Å². The Morgan fingerprint density at radius 2 is 1.80 bits per heavy atom. The molecule has 4 rings (SSSR count). The molecule has 6 nitrogen and oxygen atoms in total. The average molecular weight is 489 g/mol. The Balaban J connectivity index is 1.66. The maximum absolute atomic E-state index is 14.0. The number of hydrogen-bond acceptors (Lipinski definition) is 5. The molecule has 0 saturated heterocycles. The van der Waals surface area contributed by atoms with Gasteiger partial charge < -0.3 is 10.1 Å². The predicted octanol–water partition coefficient (Wildman–Crippen LogP) is 4.74. The Morgan fingerprint density at radius 1 is 1.11 bits per heavy atom. The SMILES string of the molecule is CCC(OC(=O)c1c2c(nc3ccccc13)CCN(CC)C2)C(=O)Nc1c(F)c(F)cc(F)c1F. The van der Waals surface area contributed by atoms with Gasteiger partial charge in [-0.15, -0.1) is 0 Å².